The zero-order chi connectivity index (χ0) is 24.8. The van der Waals surface area contributed by atoms with E-state index in [4.69, 9.17) is 22.1 Å². The van der Waals surface area contributed by atoms with Crippen LogP contribution in [-0.2, 0) is 14.8 Å². The second kappa shape index (κ2) is 8.49. The smallest absolute Gasteiger partial charge is 0.264 e. The van der Waals surface area contributed by atoms with Crippen LogP contribution in [0.4, 0.5) is 20.4 Å². The van der Waals surface area contributed by atoms with Crippen LogP contribution < -0.4 is 10.5 Å². The molecule has 0 saturated heterocycles. The van der Waals surface area contributed by atoms with Gasteiger partial charge in [-0.05, 0) is 44.2 Å². The molecule has 4 rings (SSSR count). The monoisotopic (exact) mass is 508 g/mol. The van der Waals surface area contributed by atoms with Gasteiger partial charge in [0.2, 0.25) is 5.95 Å². The molecular formula is C22H19ClF2N4O4S. The Hall–Kier alpha value is -3.28. The van der Waals surface area contributed by atoms with Crippen molar-refractivity contribution < 1.29 is 27.0 Å². The fourth-order valence-corrected chi connectivity index (χ4v) is 4.88. The molecule has 0 amide bonds. The summed E-state index contributed by atoms with van der Waals surface area (Å²) in [6.45, 7) is 3.17. The van der Waals surface area contributed by atoms with Gasteiger partial charge in [-0.15, -0.1) is 0 Å². The highest BCUT2D eigenvalue weighted by atomic mass is 35.5. The Morgan fingerprint density at radius 1 is 1.21 bits per heavy atom. The SMILES string of the molecule is CC1(C)OC(c2ccnc(N)n2)=C(c2cc(Cl)cc(NS(=O)(=O)c3ccccc3F)c2F)C1O. The Labute approximate surface area is 199 Å². The van der Waals surface area contributed by atoms with Crippen molar-refractivity contribution in [3.05, 3.63) is 76.6 Å². The summed E-state index contributed by atoms with van der Waals surface area (Å²) in [7, 11) is -4.50. The number of benzene rings is 2. The van der Waals surface area contributed by atoms with E-state index >= 15 is 4.39 Å². The van der Waals surface area contributed by atoms with Gasteiger partial charge in [-0.25, -0.2) is 27.2 Å². The lowest BCUT2D eigenvalue weighted by atomic mass is 9.91. The minimum absolute atomic E-state index is 0.0190. The number of nitrogen functional groups attached to an aromatic ring is 1. The van der Waals surface area contributed by atoms with E-state index in [2.05, 4.69) is 9.97 Å². The van der Waals surface area contributed by atoms with Gasteiger partial charge in [-0.2, -0.15) is 0 Å². The maximum atomic E-state index is 15.7. The van der Waals surface area contributed by atoms with Gasteiger partial charge < -0.3 is 15.6 Å². The Kier molecular flexibility index (Phi) is 5.96. The normalized spacial score (nSPS) is 17.5. The molecule has 1 unspecified atom stereocenters. The number of hydrogen-bond acceptors (Lipinski definition) is 7. The molecule has 2 aromatic carbocycles. The minimum Gasteiger partial charge on any atom is -0.482 e. The van der Waals surface area contributed by atoms with E-state index in [-0.39, 0.29) is 33.6 Å². The molecule has 12 heteroatoms. The average Bonchev–Trinajstić information content (AvgIpc) is 2.99. The highest BCUT2D eigenvalue weighted by molar-refractivity contribution is 7.92. The first-order chi connectivity index (χ1) is 15.9. The topological polar surface area (TPSA) is 127 Å². The molecule has 0 radical (unpaired) electrons. The van der Waals surface area contributed by atoms with Crippen LogP contribution in [0.5, 0.6) is 0 Å². The fraction of sp³-hybridized carbons (Fsp3) is 0.182. The molecule has 4 N–H and O–H groups in total. The van der Waals surface area contributed by atoms with Gasteiger partial charge in [0.05, 0.1) is 5.69 Å². The van der Waals surface area contributed by atoms with Gasteiger partial charge >= 0.3 is 0 Å². The lowest BCUT2D eigenvalue weighted by Crippen LogP contribution is -2.34. The summed E-state index contributed by atoms with van der Waals surface area (Å²) in [6.07, 6.45) is 0.0220. The number of nitrogens with one attached hydrogen (secondary N) is 1. The third-order valence-corrected chi connectivity index (χ3v) is 6.76. The zero-order valence-corrected chi connectivity index (χ0v) is 19.5. The number of nitrogens with zero attached hydrogens (tertiary/aromatic N) is 2. The summed E-state index contributed by atoms with van der Waals surface area (Å²) in [6, 6.07) is 8.37. The molecule has 0 fully saturated rings. The van der Waals surface area contributed by atoms with Crippen LogP contribution in [-0.4, -0.2) is 35.2 Å². The molecule has 8 nitrogen and oxygen atoms in total. The third-order valence-electron chi connectivity index (χ3n) is 5.15. The van der Waals surface area contributed by atoms with E-state index in [1.54, 1.807) is 13.8 Å². The van der Waals surface area contributed by atoms with E-state index in [0.29, 0.717) is 0 Å². The molecule has 1 atom stereocenters. The largest absolute Gasteiger partial charge is 0.482 e. The summed E-state index contributed by atoms with van der Waals surface area (Å²) in [4.78, 5) is 7.22. The van der Waals surface area contributed by atoms with Crippen LogP contribution >= 0.6 is 11.6 Å². The second-order valence-electron chi connectivity index (χ2n) is 8.00. The first kappa shape index (κ1) is 23.9. The lowest BCUT2D eigenvalue weighted by Gasteiger charge is -2.24. The van der Waals surface area contributed by atoms with Gasteiger partial charge in [-0.3, -0.25) is 4.72 Å². The van der Waals surface area contributed by atoms with E-state index < -0.39 is 43.9 Å². The van der Waals surface area contributed by atoms with Crippen LogP contribution in [0.3, 0.4) is 0 Å². The molecule has 1 aliphatic heterocycles. The first-order valence-electron chi connectivity index (χ1n) is 9.87. The second-order valence-corrected chi connectivity index (χ2v) is 10.1. The number of aliphatic hydroxyl groups is 1. The maximum absolute atomic E-state index is 15.7. The highest BCUT2D eigenvalue weighted by Gasteiger charge is 2.44. The van der Waals surface area contributed by atoms with Crippen molar-refractivity contribution in [2.45, 2.75) is 30.4 Å². The molecule has 1 aromatic heterocycles. The molecule has 0 saturated carbocycles. The summed E-state index contributed by atoms with van der Waals surface area (Å²) < 4.78 is 63.2. The number of nitrogens with two attached hydrogens (primary N) is 1. The van der Waals surface area contributed by atoms with Gasteiger partial charge in [0.15, 0.2) is 11.6 Å². The fourth-order valence-electron chi connectivity index (χ4n) is 3.53. The van der Waals surface area contributed by atoms with E-state index in [1.807, 2.05) is 4.72 Å². The minimum atomic E-state index is -4.50. The van der Waals surface area contributed by atoms with Gasteiger partial charge in [0.25, 0.3) is 10.0 Å². The Bertz CT molecular complexity index is 1430. The Morgan fingerprint density at radius 2 is 1.91 bits per heavy atom. The summed E-state index contributed by atoms with van der Waals surface area (Å²) in [5, 5.41) is 10.9. The van der Waals surface area contributed by atoms with E-state index in [9.17, 15) is 17.9 Å². The number of ether oxygens (including phenoxy) is 1. The van der Waals surface area contributed by atoms with Gasteiger partial charge in [-0.1, -0.05) is 23.7 Å². The van der Waals surface area contributed by atoms with Gasteiger partial charge in [0, 0.05) is 22.4 Å². The molecule has 0 bridgehead atoms. The van der Waals surface area contributed by atoms with E-state index in [1.165, 1.54) is 30.5 Å². The number of anilines is 2. The van der Waals surface area contributed by atoms with Crippen molar-refractivity contribution in [2.75, 3.05) is 10.5 Å². The predicted molar refractivity (Wildman–Crippen MR) is 123 cm³/mol. The molecule has 178 valence electrons. The zero-order valence-electron chi connectivity index (χ0n) is 17.9. The van der Waals surface area contributed by atoms with Gasteiger partial charge in [0.1, 0.15) is 28.1 Å². The Balaban J connectivity index is 1.88. The third kappa shape index (κ3) is 4.29. The summed E-state index contributed by atoms with van der Waals surface area (Å²) >= 11 is 6.18. The van der Waals surface area contributed by atoms with Crippen LogP contribution in [0.2, 0.25) is 5.02 Å². The number of halogens is 3. The van der Waals surface area contributed by atoms with Crippen molar-refractivity contribution >= 4 is 44.6 Å². The molecule has 1 aliphatic rings. The van der Waals surface area contributed by atoms with Crippen LogP contribution in [0.15, 0.2) is 53.6 Å². The van der Waals surface area contributed by atoms with Crippen molar-refractivity contribution in [3.8, 4) is 0 Å². The predicted octanol–water partition coefficient (Wildman–Crippen LogP) is 3.83. The molecule has 0 spiro atoms. The Morgan fingerprint density at radius 3 is 2.59 bits per heavy atom. The lowest BCUT2D eigenvalue weighted by molar-refractivity contribution is 0.00307. The van der Waals surface area contributed by atoms with Crippen LogP contribution in [0.25, 0.3) is 11.3 Å². The number of aliphatic hydroxyl groups excluding tert-OH is 1. The van der Waals surface area contributed by atoms with Crippen molar-refractivity contribution in [1.29, 1.82) is 0 Å². The van der Waals surface area contributed by atoms with Crippen molar-refractivity contribution in [3.63, 3.8) is 0 Å². The first-order valence-corrected chi connectivity index (χ1v) is 11.7. The summed E-state index contributed by atoms with van der Waals surface area (Å²) in [5.41, 5.74) is 3.86. The highest BCUT2D eigenvalue weighted by Crippen LogP contribution is 2.45. The molecule has 3 aromatic rings. The number of rotatable bonds is 5. The quantitative estimate of drug-likeness (QED) is 0.478. The number of aromatic nitrogens is 2. The number of hydrogen-bond donors (Lipinski definition) is 3. The maximum Gasteiger partial charge on any atom is 0.264 e. The van der Waals surface area contributed by atoms with E-state index in [0.717, 1.165) is 18.2 Å². The summed E-state index contributed by atoms with van der Waals surface area (Å²) in [5.74, 6) is -2.11. The van der Waals surface area contributed by atoms with Crippen molar-refractivity contribution in [1.82, 2.24) is 9.97 Å². The molecule has 0 aliphatic carbocycles. The van der Waals surface area contributed by atoms with Crippen LogP contribution in [0, 0.1) is 11.6 Å². The molecule has 34 heavy (non-hydrogen) atoms. The van der Waals surface area contributed by atoms with Crippen molar-refractivity contribution in [2.24, 2.45) is 0 Å². The number of sulfonamides is 1. The average molecular weight is 509 g/mol. The molecule has 2 heterocycles. The van der Waals surface area contributed by atoms with Crippen LogP contribution in [0.1, 0.15) is 25.1 Å². The standard InChI is InChI=1S/C22H19ClF2N4O4S/c1-22(2)20(30)17(19(33-22)14-7-8-27-21(26)28-14)12-9-11(23)10-15(18(12)25)29-34(31,32)16-6-4-3-5-13(16)24/h3-10,20,29-30H,1-2H3,(H2,26,27,28). The molecular weight excluding hydrogens is 490 g/mol.